The number of phosphoric acid groups is 1. The van der Waals surface area contributed by atoms with Crippen LogP contribution in [0.4, 0.5) is 0 Å². The predicted octanol–water partition coefficient (Wildman–Crippen LogP) is 10.8. The van der Waals surface area contributed by atoms with E-state index in [1.54, 1.807) is 0 Å². The Balaban J connectivity index is 4.30. The van der Waals surface area contributed by atoms with Crippen LogP contribution in [0, 0.1) is 0 Å². The van der Waals surface area contributed by atoms with Crippen LogP contribution in [0.1, 0.15) is 162 Å². The van der Waals surface area contributed by atoms with E-state index in [0.29, 0.717) is 12.8 Å². The van der Waals surface area contributed by atoms with E-state index in [1.165, 1.54) is 57.8 Å². The molecule has 50 heavy (non-hydrogen) atoms. The molecular formula is C40H72NO8P. The minimum atomic E-state index is -4.38. The van der Waals surface area contributed by atoms with Crippen LogP contribution < -0.4 is 5.73 Å². The molecule has 1 unspecified atom stereocenters. The number of esters is 2. The van der Waals surface area contributed by atoms with Gasteiger partial charge in [0.25, 0.3) is 0 Å². The lowest BCUT2D eigenvalue weighted by Gasteiger charge is -2.19. The maximum Gasteiger partial charge on any atom is 0.472 e. The third kappa shape index (κ3) is 35.8. The number of nitrogens with two attached hydrogens (primary N) is 1. The minimum absolute atomic E-state index is 0.0454. The van der Waals surface area contributed by atoms with Crippen molar-refractivity contribution in [2.75, 3.05) is 26.4 Å². The van der Waals surface area contributed by atoms with Crippen LogP contribution in [-0.2, 0) is 32.7 Å². The fourth-order valence-corrected chi connectivity index (χ4v) is 5.75. The van der Waals surface area contributed by atoms with Gasteiger partial charge in [0.05, 0.1) is 13.2 Å². The summed E-state index contributed by atoms with van der Waals surface area (Å²) in [5.41, 5.74) is 5.33. The number of phosphoric ester groups is 1. The lowest BCUT2D eigenvalue weighted by molar-refractivity contribution is -0.161. The molecule has 0 saturated carbocycles. The van der Waals surface area contributed by atoms with Gasteiger partial charge in [-0.2, -0.15) is 0 Å². The summed E-state index contributed by atoms with van der Waals surface area (Å²) >= 11 is 0. The molecule has 9 nitrogen and oxygen atoms in total. The Morgan fingerprint density at radius 1 is 0.600 bits per heavy atom. The first-order valence-electron chi connectivity index (χ1n) is 19.6. The van der Waals surface area contributed by atoms with Crippen LogP contribution in [0.25, 0.3) is 0 Å². The zero-order valence-corrected chi connectivity index (χ0v) is 32.5. The van der Waals surface area contributed by atoms with Crippen LogP contribution in [0.15, 0.2) is 48.6 Å². The number of carbonyl (C=O) groups is 2. The van der Waals surface area contributed by atoms with E-state index in [0.717, 1.165) is 64.2 Å². The van der Waals surface area contributed by atoms with Crippen LogP contribution >= 0.6 is 7.82 Å². The number of carbonyl (C=O) groups excluding carboxylic acids is 2. The standard InChI is InChI=1S/C40H72NO8P/c1-3-5-7-9-11-13-15-17-19-21-22-24-26-28-30-32-39(42)46-36-38(37-48-50(44,45)47-35-34-41)49-40(43)33-31-29-27-25-23-20-18-16-14-12-10-8-6-4-2/h11,13,16-19,22,24,38H,3-10,12,14-15,20-21,23,25-37,41H2,1-2H3,(H,44,45)/b13-11+,18-16+,19-17+,24-22+/t38-/m1/s1. The highest BCUT2D eigenvalue weighted by atomic mass is 31.2. The molecule has 0 saturated heterocycles. The molecule has 0 spiro atoms. The van der Waals surface area contributed by atoms with Crippen LogP contribution in [-0.4, -0.2) is 49.3 Å². The largest absolute Gasteiger partial charge is 0.472 e. The van der Waals surface area contributed by atoms with Crippen LogP contribution in [0.2, 0.25) is 0 Å². The summed E-state index contributed by atoms with van der Waals surface area (Å²) in [5, 5.41) is 0. The first-order chi connectivity index (χ1) is 24.3. The molecule has 0 aromatic rings. The predicted molar refractivity (Wildman–Crippen MR) is 206 cm³/mol. The van der Waals surface area contributed by atoms with Gasteiger partial charge in [0.15, 0.2) is 6.10 Å². The number of ether oxygens (including phenoxy) is 2. The molecule has 0 fully saturated rings. The number of rotatable bonds is 36. The van der Waals surface area contributed by atoms with Gasteiger partial charge in [-0.25, -0.2) is 4.57 Å². The Kier molecular flexibility index (Phi) is 35.3. The summed E-state index contributed by atoms with van der Waals surface area (Å²) in [6.45, 7) is 3.62. The van der Waals surface area contributed by atoms with Gasteiger partial charge in [-0.15, -0.1) is 0 Å². The van der Waals surface area contributed by atoms with E-state index >= 15 is 0 Å². The summed E-state index contributed by atoms with van der Waals surface area (Å²) in [7, 11) is -4.38. The van der Waals surface area contributed by atoms with Crippen molar-refractivity contribution in [2.45, 2.75) is 168 Å². The fourth-order valence-electron chi connectivity index (χ4n) is 4.99. The summed E-state index contributed by atoms with van der Waals surface area (Å²) in [5.74, 6) is -0.887. The summed E-state index contributed by atoms with van der Waals surface area (Å²) in [4.78, 5) is 34.7. The minimum Gasteiger partial charge on any atom is -0.462 e. The van der Waals surface area contributed by atoms with Crippen LogP contribution in [0.5, 0.6) is 0 Å². The van der Waals surface area contributed by atoms with E-state index in [2.05, 4.69) is 62.5 Å². The first kappa shape index (κ1) is 48.0. The zero-order valence-electron chi connectivity index (χ0n) is 31.6. The van der Waals surface area contributed by atoms with E-state index in [-0.39, 0.29) is 32.6 Å². The SMILES string of the molecule is CCCCC/C=C/C/C=C/C/C=C/CCCCC(=O)OC[C@H](COP(=O)(O)OCCN)OC(=O)CCCCCCC/C=C/CCCCCCC. The normalized spacial score (nSPS) is 13.9. The highest BCUT2D eigenvalue weighted by Crippen LogP contribution is 2.43. The molecule has 0 aliphatic heterocycles. The van der Waals surface area contributed by atoms with Crippen molar-refractivity contribution >= 4 is 19.8 Å². The lowest BCUT2D eigenvalue weighted by atomic mass is 10.1. The van der Waals surface area contributed by atoms with Crippen molar-refractivity contribution in [2.24, 2.45) is 5.73 Å². The average molecular weight is 726 g/mol. The van der Waals surface area contributed by atoms with Gasteiger partial charge in [-0.1, -0.05) is 120 Å². The highest BCUT2D eigenvalue weighted by molar-refractivity contribution is 7.47. The Morgan fingerprint density at radius 3 is 1.64 bits per heavy atom. The number of unbranched alkanes of at least 4 members (excludes halogenated alkanes) is 15. The molecule has 0 bridgehead atoms. The molecule has 0 aromatic carbocycles. The first-order valence-corrected chi connectivity index (χ1v) is 21.1. The van der Waals surface area contributed by atoms with E-state index in [9.17, 15) is 19.0 Å². The Morgan fingerprint density at radius 2 is 1.04 bits per heavy atom. The van der Waals surface area contributed by atoms with Gasteiger partial charge in [-0.3, -0.25) is 18.6 Å². The van der Waals surface area contributed by atoms with Gasteiger partial charge < -0.3 is 20.1 Å². The maximum atomic E-state index is 12.5. The smallest absolute Gasteiger partial charge is 0.462 e. The van der Waals surface area contributed by atoms with E-state index < -0.39 is 32.5 Å². The fraction of sp³-hybridized carbons (Fsp3) is 0.750. The molecule has 0 aliphatic rings. The molecule has 10 heteroatoms. The van der Waals surface area contributed by atoms with Gasteiger partial charge in [0.1, 0.15) is 6.61 Å². The molecule has 0 aliphatic carbocycles. The number of hydrogen-bond donors (Lipinski definition) is 2. The Hall–Kier alpha value is -2.03. The second-order valence-electron chi connectivity index (χ2n) is 12.8. The van der Waals surface area contributed by atoms with Gasteiger partial charge >= 0.3 is 19.8 Å². The highest BCUT2D eigenvalue weighted by Gasteiger charge is 2.25. The molecule has 2 atom stereocenters. The second-order valence-corrected chi connectivity index (χ2v) is 14.2. The maximum absolute atomic E-state index is 12.5. The monoisotopic (exact) mass is 725 g/mol. The molecule has 3 N–H and O–H groups in total. The molecule has 0 aromatic heterocycles. The van der Waals surface area contributed by atoms with E-state index in [1.807, 2.05) is 0 Å². The van der Waals surface area contributed by atoms with Gasteiger partial charge in [-0.05, 0) is 77.0 Å². The van der Waals surface area contributed by atoms with Crippen molar-refractivity contribution in [3.63, 3.8) is 0 Å². The Bertz CT molecular complexity index is 965. The van der Waals surface area contributed by atoms with Gasteiger partial charge in [0, 0.05) is 19.4 Å². The lowest BCUT2D eigenvalue weighted by Crippen LogP contribution is -2.29. The zero-order chi connectivity index (χ0) is 36.8. The van der Waals surface area contributed by atoms with Crippen molar-refractivity contribution < 1.29 is 37.6 Å². The topological polar surface area (TPSA) is 134 Å². The molecule has 0 heterocycles. The average Bonchev–Trinajstić information content (AvgIpc) is 3.10. The molecule has 0 radical (unpaired) electrons. The molecule has 0 amide bonds. The van der Waals surface area contributed by atoms with Crippen molar-refractivity contribution in [1.29, 1.82) is 0 Å². The second kappa shape index (κ2) is 36.8. The number of hydrogen-bond acceptors (Lipinski definition) is 8. The van der Waals surface area contributed by atoms with E-state index in [4.69, 9.17) is 24.3 Å². The summed E-state index contributed by atoms with van der Waals surface area (Å²) in [6, 6.07) is 0. The third-order valence-corrected chi connectivity index (χ3v) is 8.92. The summed E-state index contributed by atoms with van der Waals surface area (Å²) in [6.07, 6.45) is 40.0. The van der Waals surface area contributed by atoms with Gasteiger partial charge in [0.2, 0.25) is 0 Å². The molecule has 0 rings (SSSR count). The molecule has 290 valence electrons. The van der Waals surface area contributed by atoms with Crippen molar-refractivity contribution in [3.05, 3.63) is 48.6 Å². The number of allylic oxidation sites excluding steroid dienone is 8. The van der Waals surface area contributed by atoms with Crippen molar-refractivity contribution in [3.8, 4) is 0 Å². The van der Waals surface area contributed by atoms with Crippen molar-refractivity contribution in [1.82, 2.24) is 0 Å². The summed E-state index contributed by atoms with van der Waals surface area (Å²) < 4.78 is 32.6. The third-order valence-electron chi connectivity index (χ3n) is 7.94. The Labute approximate surface area is 305 Å². The van der Waals surface area contributed by atoms with Crippen LogP contribution in [0.3, 0.4) is 0 Å². The quantitative estimate of drug-likeness (QED) is 0.0280. The molecular weight excluding hydrogens is 653 g/mol.